The van der Waals surface area contributed by atoms with E-state index >= 15 is 0 Å². The van der Waals surface area contributed by atoms with Gasteiger partial charge in [-0.1, -0.05) is 54.6 Å². The van der Waals surface area contributed by atoms with Gasteiger partial charge in [0.25, 0.3) is 6.02 Å². The minimum Gasteiger partial charge on any atom is -0.463 e. The molecule has 1 fully saturated rings. The normalized spacial score (nSPS) is 20.4. The molecule has 0 spiro atoms. The van der Waals surface area contributed by atoms with E-state index in [-0.39, 0.29) is 6.04 Å². The quantitative estimate of drug-likeness (QED) is 0.860. The summed E-state index contributed by atoms with van der Waals surface area (Å²) in [7, 11) is 0. The van der Waals surface area contributed by atoms with Gasteiger partial charge in [-0.05, 0) is 41.7 Å². The van der Waals surface area contributed by atoms with E-state index in [2.05, 4.69) is 41.7 Å². The maximum atomic E-state index is 5.76. The van der Waals surface area contributed by atoms with E-state index in [1.807, 2.05) is 23.1 Å². The number of aliphatic imine (C=N–C) groups is 1. The number of ether oxygens (including phenoxy) is 1. The van der Waals surface area contributed by atoms with Crippen LogP contribution in [0.2, 0.25) is 0 Å². The molecule has 2 aliphatic rings. The number of nitrogens with one attached hydrogen (secondary N) is 1. The third-order valence-electron chi connectivity index (χ3n) is 4.68. The van der Waals surface area contributed by atoms with Crippen molar-refractivity contribution in [3.63, 3.8) is 0 Å². The second kappa shape index (κ2) is 7.23. The number of rotatable bonds is 3. The van der Waals surface area contributed by atoms with Crippen molar-refractivity contribution in [3.05, 3.63) is 71.3 Å². The fourth-order valence-electron chi connectivity index (χ4n) is 3.37. The number of hydrogen-bond acceptors (Lipinski definition) is 3. The maximum absolute atomic E-state index is 5.76. The van der Waals surface area contributed by atoms with E-state index < -0.39 is 0 Å². The van der Waals surface area contributed by atoms with E-state index in [1.165, 1.54) is 16.7 Å². The third-order valence-corrected chi connectivity index (χ3v) is 5.04. The number of amidine groups is 1. The highest BCUT2D eigenvalue weighted by molar-refractivity contribution is 7.80. The SMILES string of the molecule is S=C(NCc1ccccc1)N1CCOC1=NC1CCc2ccccc21. The van der Waals surface area contributed by atoms with Gasteiger partial charge in [-0.2, -0.15) is 0 Å². The molecule has 1 atom stereocenters. The zero-order chi connectivity index (χ0) is 17.1. The van der Waals surface area contributed by atoms with Gasteiger partial charge in [-0.3, -0.25) is 4.90 Å². The van der Waals surface area contributed by atoms with Crippen molar-refractivity contribution in [1.29, 1.82) is 0 Å². The van der Waals surface area contributed by atoms with Crippen LogP contribution < -0.4 is 5.32 Å². The lowest BCUT2D eigenvalue weighted by Gasteiger charge is -2.19. The predicted molar refractivity (Wildman–Crippen MR) is 103 cm³/mol. The molecule has 1 saturated heterocycles. The standard InChI is InChI=1S/C20H21N3OS/c25-20(21-14-15-6-2-1-3-7-15)23-12-13-24-19(23)22-18-11-10-16-8-4-5-9-17(16)18/h1-9,18H,10-14H2,(H,21,25). The topological polar surface area (TPSA) is 36.9 Å². The Bertz CT molecular complexity index is 791. The Hall–Kier alpha value is -2.40. The Labute approximate surface area is 153 Å². The molecule has 4 nitrogen and oxygen atoms in total. The minimum absolute atomic E-state index is 0.170. The first-order valence-electron chi connectivity index (χ1n) is 8.69. The van der Waals surface area contributed by atoms with Gasteiger partial charge in [0, 0.05) is 6.54 Å². The molecule has 128 valence electrons. The molecule has 1 aliphatic heterocycles. The number of benzene rings is 2. The fourth-order valence-corrected chi connectivity index (χ4v) is 3.61. The van der Waals surface area contributed by atoms with Crippen molar-refractivity contribution in [2.24, 2.45) is 4.99 Å². The van der Waals surface area contributed by atoms with Crippen molar-refractivity contribution < 1.29 is 4.74 Å². The molecule has 1 N–H and O–H groups in total. The first-order chi connectivity index (χ1) is 12.3. The van der Waals surface area contributed by atoms with Crippen LogP contribution in [0.5, 0.6) is 0 Å². The number of aryl methyl sites for hydroxylation is 1. The van der Waals surface area contributed by atoms with Crippen LogP contribution in [-0.2, 0) is 17.7 Å². The molecule has 1 unspecified atom stereocenters. The van der Waals surface area contributed by atoms with Gasteiger partial charge in [0.2, 0.25) is 0 Å². The van der Waals surface area contributed by atoms with E-state index in [0.717, 1.165) is 19.4 Å². The second-order valence-electron chi connectivity index (χ2n) is 6.31. The summed E-state index contributed by atoms with van der Waals surface area (Å²) < 4.78 is 5.76. The van der Waals surface area contributed by atoms with Gasteiger partial charge in [0.05, 0.1) is 12.6 Å². The number of hydrogen-bond donors (Lipinski definition) is 1. The number of fused-ring (bicyclic) bond motifs is 1. The zero-order valence-corrected chi connectivity index (χ0v) is 14.8. The minimum atomic E-state index is 0.170. The Morgan fingerprint density at radius 3 is 2.84 bits per heavy atom. The van der Waals surface area contributed by atoms with Gasteiger partial charge in [-0.15, -0.1) is 0 Å². The van der Waals surface area contributed by atoms with Crippen LogP contribution in [-0.4, -0.2) is 29.2 Å². The summed E-state index contributed by atoms with van der Waals surface area (Å²) in [5.74, 6) is 0. The zero-order valence-electron chi connectivity index (χ0n) is 14.0. The smallest absolute Gasteiger partial charge is 0.294 e. The molecule has 2 aromatic rings. The average molecular weight is 351 g/mol. The molecule has 1 aliphatic carbocycles. The molecule has 1 heterocycles. The van der Waals surface area contributed by atoms with Crippen molar-refractivity contribution >= 4 is 23.4 Å². The van der Waals surface area contributed by atoms with Crippen molar-refractivity contribution in [1.82, 2.24) is 10.2 Å². The van der Waals surface area contributed by atoms with Crippen LogP contribution in [0.3, 0.4) is 0 Å². The Balaban J connectivity index is 1.44. The highest BCUT2D eigenvalue weighted by atomic mass is 32.1. The van der Waals surface area contributed by atoms with E-state index in [4.69, 9.17) is 21.9 Å². The Morgan fingerprint density at radius 2 is 1.96 bits per heavy atom. The van der Waals surface area contributed by atoms with Crippen LogP contribution >= 0.6 is 12.2 Å². The van der Waals surface area contributed by atoms with E-state index in [9.17, 15) is 0 Å². The van der Waals surface area contributed by atoms with Gasteiger partial charge in [0.1, 0.15) is 6.61 Å². The second-order valence-corrected chi connectivity index (χ2v) is 6.70. The Kier molecular flexibility index (Phi) is 4.65. The van der Waals surface area contributed by atoms with Crippen molar-refractivity contribution in [2.75, 3.05) is 13.2 Å². The molecule has 25 heavy (non-hydrogen) atoms. The number of nitrogens with zero attached hydrogens (tertiary/aromatic N) is 2. The average Bonchev–Trinajstić information content (AvgIpc) is 3.28. The lowest BCUT2D eigenvalue weighted by Crippen LogP contribution is -2.40. The summed E-state index contributed by atoms with van der Waals surface area (Å²) in [6, 6.07) is 19.6. The number of thiocarbonyl (C=S) groups is 1. The van der Waals surface area contributed by atoms with E-state index in [1.54, 1.807) is 0 Å². The monoisotopic (exact) mass is 351 g/mol. The van der Waals surface area contributed by atoms with Gasteiger partial charge in [0.15, 0.2) is 5.11 Å². The summed E-state index contributed by atoms with van der Waals surface area (Å²) in [6.07, 6.45) is 2.11. The fraction of sp³-hybridized carbons (Fsp3) is 0.300. The highest BCUT2D eigenvalue weighted by Crippen LogP contribution is 2.34. The molecule has 0 aromatic heterocycles. The van der Waals surface area contributed by atoms with Crippen molar-refractivity contribution in [3.8, 4) is 0 Å². The van der Waals surface area contributed by atoms with E-state index in [0.29, 0.717) is 24.3 Å². The van der Waals surface area contributed by atoms with Crippen LogP contribution in [0.4, 0.5) is 0 Å². The third kappa shape index (κ3) is 3.51. The summed E-state index contributed by atoms with van der Waals surface area (Å²) in [5.41, 5.74) is 3.91. The van der Waals surface area contributed by atoms with Gasteiger partial charge < -0.3 is 10.1 Å². The molecule has 0 bridgehead atoms. The summed E-state index contributed by atoms with van der Waals surface area (Å²) in [5, 5.41) is 3.98. The van der Waals surface area contributed by atoms with Crippen LogP contribution in [0.25, 0.3) is 0 Å². The summed E-state index contributed by atoms with van der Waals surface area (Å²) in [6.45, 7) is 2.07. The maximum Gasteiger partial charge on any atom is 0.294 e. The molecule has 4 rings (SSSR count). The van der Waals surface area contributed by atoms with Crippen LogP contribution in [0.1, 0.15) is 29.2 Å². The highest BCUT2D eigenvalue weighted by Gasteiger charge is 2.28. The van der Waals surface area contributed by atoms with Crippen LogP contribution in [0.15, 0.2) is 59.6 Å². The Morgan fingerprint density at radius 1 is 1.16 bits per heavy atom. The molecule has 0 amide bonds. The molecular formula is C20H21N3OS. The first-order valence-corrected chi connectivity index (χ1v) is 9.10. The molecule has 5 heteroatoms. The lowest BCUT2D eigenvalue weighted by molar-refractivity contribution is 0.348. The van der Waals surface area contributed by atoms with Gasteiger partial charge >= 0.3 is 0 Å². The molecule has 0 saturated carbocycles. The summed E-state index contributed by atoms with van der Waals surface area (Å²) >= 11 is 5.56. The molecular weight excluding hydrogens is 330 g/mol. The van der Waals surface area contributed by atoms with Gasteiger partial charge in [-0.25, -0.2) is 4.99 Å². The molecule has 2 aromatic carbocycles. The predicted octanol–water partition coefficient (Wildman–Crippen LogP) is 3.44. The largest absolute Gasteiger partial charge is 0.463 e. The molecule has 0 radical (unpaired) electrons. The summed E-state index contributed by atoms with van der Waals surface area (Å²) in [4.78, 5) is 6.84. The van der Waals surface area contributed by atoms with Crippen LogP contribution in [0, 0.1) is 0 Å². The lowest BCUT2D eigenvalue weighted by atomic mass is 10.1. The van der Waals surface area contributed by atoms with Crippen molar-refractivity contribution in [2.45, 2.75) is 25.4 Å². The first kappa shape index (κ1) is 16.1.